The number of nitrogens with two attached hydrogens (primary N) is 1. The van der Waals surface area contributed by atoms with E-state index in [2.05, 4.69) is 40.1 Å². The molecule has 0 fully saturated rings. The quantitative estimate of drug-likeness (QED) is 0.867. The number of aryl methyl sites for hydroxylation is 2. The predicted molar refractivity (Wildman–Crippen MR) is 88.5 cm³/mol. The zero-order valence-electron chi connectivity index (χ0n) is 12.8. The minimum Gasteiger partial charge on any atom is -0.486 e. The van der Waals surface area contributed by atoms with Crippen molar-refractivity contribution < 1.29 is 4.74 Å². The third-order valence-electron chi connectivity index (χ3n) is 3.24. The molecule has 0 spiro atoms. The Labute approximate surface area is 134 Å². The number of aromatic nitrogens is 2. The lowest BCUT2D eigenvalue weighted by Gasteiger charge is -2.15. The molecule has 2 N–H and O–H groups in total. The van der Waals surface area contributed by atoms with Crippen molar-refractivity contribution in [1.82, 2.24) is 9.78 Å². The molecule has 5 heteroatoms. The van der Waals surface area contributed by atoms with Crippen LogP contribution in [0.15, 0.2) is 28.7 Å². The maximum absolute atomic E-state index is 6.05. The van der Waals surface area contributed by atoms with Gasteiger partial charge in [0.15, 0.2) is 0 Å². The molecule has 2 aromatic rings. The van der Waals surface area contributed by atoms with E-state index in [4.69, 9.17) is 10.5 Å². The molecular formula is C16H22BrN3O. The summed E-state index contributed by atoms with van der Waals surface area (Å²) in [5.74, 6) is 0.872. The molecule has 0 amide bonds. The third kappa shape index (κ3) is 4.08. The lowest BCUT2D eigenvalue weighted by molar-refractivity contribution is 0.287. The maximum Gasteiger partial charge on any atom is 0.137 e. The van der Waals surface area contributed by atoms with Gasteiger partial charge in [-0.15, -0.1) is 0 Å². The molecule has 1 aromatic carbocycles. The van der Waals surface area contributed by atoms with Crippen molar-refractivity contribution in [3.8, 4) is 5.75 Å². The highest BCUT2D eigenvalue weighted by Gasteiger charge is 2.12. The lowest BCUT2D eigenvalue weighted by Crippen LogP contribution is -2.18. The van der Waals surface area contributed by atoms with Gasteiger partial charge in [0.2, 0.25) is 0 Å². The van der Waals surface area contributed by atoms with Crippen molar-refractivity contribution in [1.29, 1.82) is 0 Å². The van der Waals surface area contributed by atoms with E-state index in [1.54, 1.807) is 0 Å². The number of benzene rings is 1. The summed E-state index contributed by atoms with van der Waals surface area (Å²) in [5.41, 5.74) is 9.13. The zero-order chi connectivity index (χ0) is 15.4. The van der Waals surface area contributed by atoms with Crippen LogP contribution >= 0.6 is 15.9 Å². The van der Waals surface area contributed by atoms with E-state index >= 15 is 0 Å². The summed E-state index contributed by atoms with van der Waals surface area (Å²) < 4.78 is 8.98. The standard InChI is InChI=1S/C16H22BrN3O/c1-4-20-14(9-12(3)19-20)10-21-16-13(8-11(2)18)6-5-7-15(16)17/h5-7,9,11H,4,8,10,18H2,1-3H3. The fourth-order valence-electron chi connectivity index (χ4n) is 2.36. The molecule has 0 radical (unpaired) electrons. The summed E-state index contributed by atoms with van der Waals surface area (Å²) in [5, 5.41) is 4.44. The molecule has 1 atom stereocenters. The monoisotopic (exact) mass is 351 g/mol. The highest BCUT2D eigenvalue weighted by Crippen LogP contribution is 2.30. The van der Waals surface area contributed by atoms with Crippen LogP contribution in [0.5, 0.6) is 5.75 Å². The average Bonchev–Trinajstić information content (AvgIpc) is 2.78. The Morgan fingerprint density at radius 1 is 1.43 bits per heavy atom. The number of hydrogen-bond donors (Lipinski definition) is 1. The smallest absolute Gasteiger partial charge is 0.137 e. The molecule has 114 valence electrons. The fraction of sp³-hybridized carbons (Fsp3) is 0.438. The van der Waals surface area contributed by atoms with E-state index in [9.17, 15) is 0 Å². The average molecular weight is 352 g/mol. The molecule has 2 rings (SSSR count). The molecule has 0 aliphatic rings. The van der Waals surface area contributed by atoms with Crippen molar-refractivity contribution in [2.75, 3.05) is 0 Å². The van der Waals surface area contributed by atoms with Gasteiger partial charge in [0, 0.05) is 12.6 Å². The zero-order valence-corrected chi connectivity index (χ0v) is 14.4. The first-order chi connectivity index (χ1) is 10.0. The van der Waals surface area contributed by atoms with Gasteiger partial charge in [-0.2, -0.15) is 5.10 Å². The Morgan fingerprint density at radius 3 is 2.86 bits per heavy atom. The first-order valence-corrected chi connectivity index (χ1v) is 7.99. The van der Waals surface area contributed by atoms with Crippen LogP contribution in [0, 0.1) is 6.92 Å². The van der Waals surface area contributed by atoms with Crippen LogP contribution in [0.2, 0.25) is 0 Å². The molecule has 21 heavy (non-hydrogen) atoms. The first kappa shape index (κ1) is 16.0. The maximum atomic E-state index is 6.05. The van der Waals surface area contributed by atoms with Crippen LogP contribution in [0.25, 0.3) is 0 Å². The van der Waals surface area contributed by atoms with Gasteiger partial charge in [0.1, 0.15) is 12.4 Å². The molecule has 0 saturated heterocycles. The summed E-state index contributed by atoms with van der Waals surface area (Å²) in [6.07, 6.45) is 0.793. The van der Waals surface area contributed by atoms with Crippen molar-refractivity contribution in [2.45, 2.75) is 46.4 Å². The van der Waals surface area contributed by atoms with Crippen LogP contribution in [0.1, 0.15) is 30.8 Å². The first-order valence-electron chi connectivity index (χ1n) is 7.20. The van der Waals surface area contributed by atoms with Gasteiger partial charge in [0.25, 0.3) is 0 Å². The molecular weight excluding hydrogens is 330 g/mol. The summed E-state index contributed by atoms with van der Waals surface area (Å²) >= 11 is 3.56. The summed E-state index contributed by atoms with van der Waals surface area (Å²) in [7, 11) is 0. The van der Waals surface area contributed by atoms with Gasteiger partial charge in [0.05, 0.1) is 15.9 Å². The molecule has 1 unspecified atom stereocenters. The number of para-hydroxylation sites is 1. The summed E-state index contributed by atoms with van der Waals surface area (Å²) in [6.45, 7) is 7.42. The Kier molecular flexibility index (Phi) is 5.42. The van der Waals surface area contributed by atoms with E-state index < -0.39 is 0 Å². The molecule has 1 aromatic heterocycles. The van der Waals surface area contributed by atoms with Gasteiger partial charge in [-0.05, 0) is 60.8 Å². The second-order valence-electron chi connectivity index (χ2n) is 5.29. The third-order valence-corrected chi connectivity index (χ3v) is 3.86. The number of halogens is 1. The normalized spacial score (nSPS) is 12.4. The van der Waals surface area contributed by atoms with Crippen LogP contribution in [0.4, 0.5) is 0 Å². The summed E-state index contributed by atoms with van der Waals surface area (Å²) in [4.78, 5) is 0. The van der Waals surface area contributed by atoms with Gasteiger partial charge in [-0.3, -0.25) is 4.68 Å². The highest BCUT2D eigenvalue weighted by molar-refractivity contribution is 9.10. The van der Waals surface area contributed by atoms with Gasteiger partial charge >= 0.3 is 0 Å². The van der Waals surface area contributed by atoms with E-state index in [0.717, 1.165) is 40.1 Å². The minimum absolute atomic E-state index is 0.102. The fourth-order valence-corrected chi connectivity index (χ4v) is 2.88. The van der Waals surface area contributed by atoms with Crippen LogP contribution < -0.4 is 10.5 Å². The molecule has 0 aliphatic carbocycles. The number of nitrogens with zero attached hydrogens (tertiary/aromatic N) is 2. The second-order valence-corrected chi connectivity index (χ2v) is 6.15. The Bertz CT molecular complexity index is 608. The van der Waals surface area contributed by atoms with E-state index in [1.165, 1.54) is 0 Å². The predicted octanol–water partition coefficient (Wildman–Crippen LogP) is 3.44. The molecule has 1 heterocycles. The van der Waals surface area contributed by atoms with Crippen molar-refractivity contribution in [2.24, 2.45) is 5.73 Å². The van der Waals surface area contributed by atoms with Crippen LogP contribution in [-0.4, -0.2) is 15.8 Å². The van der Waals surface area contributed by atoms with Crippen LogP contribution in [0.3, 0.4) is 0 Å². The summed E-state index contributed by atoms with van der Waals surface area (Å²) in [6, 6.07) is 8.22. The highest BCUT2D eigenvalue weighted by atomic mass is 79.9. The van der Waals surface area contributed by atoms with E-state index in [0.29, 0.717) is 6.61 Å². The Balaban J connectivity index is 2.19. The largest absolute Gasteiger partial charge is 0.486 e. The van der Waals surface area contributed by atoms with Gasteiger partial charge in [-0.1, -0.05) is 12.1 Å². The van der Waals surface area contributed by atoms with Crippen molar-refractivity contribution in [3.63, 3.8) is 0 Å². The number of rotatable bonds is 6. The Hall–Kier alpha value is -1.33. The number of ether oxygens (including phenoxy) is 1. The van der Waals surface area contributed by atoms with Gasteiger partial charge < -0.3 is 10.5 Å². The van der Waals surface area contributed by atoms with Gasteiger partial charge in [-0.25, -0.2) is 0 Å². The second kappa shape index (κ2) is 7.09. The lowest BCUT2D eigenvalue weighted by atomic mass is 10.1. The minimum atomic E-state index is 0.102. The molecule has 0 saturated carbocycles. The van der Waals surface area contributed by atoms with Crippen LogP contribution in [-0.2, 0) is 19.6 Å². The van der Waals surface area contributed by atoms with Crippen molar-refractivity contribution >= 4 is 15.9 Å². The van der Waals surface area contributed by atoms with E-state index in [-0.39, 0.29) is 6.04 Å². The molecule has 0 bridgehead atoms. The molecule has 4 nitrogen and oxygen atoms in total. The number of hydrogen-bond acceptors (Lipinski definition) is 3. The SMILES string of the molecule is CCn1nc(C)cc1COc1c(Br)cccc1CC(C)N. The van der Waals surface area contributed by atoms with E-state index in [1.807, 2.05) is 30.7 Å². The topological polar surface area (TPSA) is 53.1 Å². The Morgan fingerprint density at radius 2 is 2.19 bits per heavy atom. The van der Waals surface area contributed by atoms with Crippen molar-refractivity contribution in [3.05, 3.63) is 45.7 Å². The molecule has 0 aliphatic heterocycles.